The number of rotatable bonds is 9. The third-order valence-electron chi connectivity index (χ3n) is 6.17. The standard InChI is InChI=1S/C26H28Cl2N5O3.CH2BNO.Y/c1-32-6-8-33(9-7-32)5-4-10-36-25-13-21-18(11-24(25)35-3)26(17(15-29)16-30-21)31-22-14-23(34-2)20(28)12-19(22)27;2-1(3)4;/h11-14,16H,4-10H2,1-3H3;(H2,3,4);/q-1;;. The number of methoxy groups -OCH3 is 2. The Morgan fingerprint density at radius 1 is 1.10 bits per heavy atom. The molecule has 4 rings (SSSR count). The Labute approximate surface area is 276 Å². The van der Waals surface area contributed by atoms with Gasteiger partial charge in [-0.2, -0.15) is 5.26 Å². The summed E-state index contributed by atoms with van der Waals surface area (Å²) in [5.74, 6) is 0.731. The number of hydrogen-bond donors (Lipinski definition) is 2. The van der Waals surface area contributed by atoms with Crippen LogP contribution in [0.5, 0.6) is 17.2 Å². The number of aromatic nitrogens is 1. The summed E-state index contributed by atoms with van der Waals surface area (Å²) in [6, 6.07) is 8.96. The van der Waals surface area contributed by atoms with E-state index < -0.39 is 5.80 Å². The Bertz CT molecular complexity index is 1380. The van der Waals surface area contributed by atoms with Crippen LogP contribution in [0.25, 0.3) is 16.2 Å². The van der Waals surface area contributed by atoms with E-state index in [0.29, 0.717) is 61.7 Å². The summed E-state index contributed by atoms with van der Waals surface area (Å²) in [5, 5.41) is 29.0. The van der Waals surface area contributed by atoms with E-state index in [-0.39, 0.29) is 32.7 Å². The predicted octanol–water partition coefficient (Wildman–Crippen LogP) is 5.43. The molecule has 213 valence electrons. The first-order valence-corrected chi connectivity index (χ1v) is 13.1. The summed E-state index contributed by atoms with van der Waals surface area (Å²) in [5.41, 5.74) is 1.77. The summed E-state index contributed by atoms with van der Waals surface area (Å²) in [6.45, 7) is 5.89. The fourth-order valence-electron chi connectivity index (χ4n) is 4.08. The SMILES string of the molecule is COc1cc([N-]c2c(C#N)cnc3cc(OCCCN4CCN(C)CC4)c(OC)cc23)c(Cl)cc1Cl.[B]C(=N)O.[Y]. The van der Waals surface area contributed by atoms with E-state index in [2.05, 4.69) is 41.1 Å². The fourth-order valence-corrected chi connectivity index (χ4v) is 4.59. The van der Waals surface area contributed by atoms with E-state index >= 15 is 0 Å². The number of likely N-dealkylation sites (N-methyl/N-ethyl adjacent to an activating group) is 1. The Kier molecular flexibility index (Phi) is 14.4. The molecule has 2 aromatic carbocycles. The van der Waals surface area contributed by atoms with Crippen LogP contribution in [0.3, 0.4) is 0 Å². The molecule has 1 aliphatic rings. The summed E-state index contributed by atoms with van der Waals surface area (Å²) in [7, 11) is 9.50. The van der Waals surface area contributed by atoms with Gasteiger partial charge in [-0.05, 0) is 37.1 Å². The second kappa shape index (κ2) is 17.0. The zero-order valence-corrected chi connectivity index (χ0v) is 27.5. The maximum Gasteiger partial charge on any atom is 0.195 e. The molecule has 3 aromatic rings. The summed E-state index contributed by atoms with van der Waals surface area (Å²) >= 11 is 12.6. The van der Waals surface area contributed by atoms with Gasteiger partial charge < -0.3 is 34.4 Å². The molecule has 0 saturated carbocycles. The third-order valence-corrected chi connectivity index (χ3v) is 6.77. The van der Waals surface area contributed by atoms with Gasteiger partial charge in [-0.1, -0.05) is 23.2 Å². The van der Waals surface area contributed by atoms with Crippen LogP contribution in [0.15, 0.2) is 30.5 Å². The number of ether oxygens (including phenoxy) is 3. The van der Waals surface area contributed by atoms with Gasteiger partial charge in [0.15, 0.2) is 19.3 Å². The van der Waals surface area contributed by atoms with Crippen molar-refractivity contribution in [1.29, 1.82) is 10.7 Å². The van der Waals surface area contributed by atoms with Crippen LogP contribution in [0.4, 0.5) is 11.4 Å². The molecule has 0 bridgehead atoms. The molecule has 0 spiro atoms. The number of piperazine rings is 1. The van der Waals surface area contributed by atoms with Crippen molar-refractivity contribution in [2.75, 3.05) is 60.6 Å². The summed E-state index contributed by atoms with van der Waals surface area (Å²) in [6.07, 6.45) is 2.40. The van der Waals surface area contributed by atoms with Gasteiger partial charge in [-0.3, -0.25) is 10.4 Å². The molecule has 14 heteroatoms. The predicted molar refractivity (Wildman–Crippen MR) is 159 cm³/mol. The number of fused-ring (bicyclic) bond motifs is 1. The van der Waals surface area contributed by atoms with Gasteiger partial charge in [-0.25, -0.2) is 0 Å². The molecule has 3 radical (unpaired) electrons. The van der Waals surface area contributed by atoms with Crippen molar-refractivity contribution in [3.05, 3.63) is 51.4 Å². The number of aliphatic hydroxyl groups excluding tert-OH is 1. The topological polar surface area (TPSA) is 129 Å². The minimum atomic E-state index is -0.833. The molecular formula is C27H30BCl2N6O4Y-. The second-order valence-corrected chi connectivity index (χ2v) is 9.75. The van der Waals surface area contributed by atoms with Crippen molar-refractivity contribution in [2.24, 2.45) is 0 Å². The average Bonchev–Trinajstić information content (AvgIpc) is 2.92. The first-order chi connectivity index (χ1) is 19.2. The largest absolute Gasteiger partial charge is 0.655 e. The fraction of sp³-hybridized carbons (Fsp3) is 0.370. The summed E-state index contributed by atoms with van der Waals surface area (Å²) < 4.78 is 17.0. The van der Waals surface area contributed by atoms with Gasteiger partial charge in [0.1, 0.15) is 11.5 Å². The second-order valence-electron chi connectivity index (χ2n) is 8.93. The van der Waals surface area contributed by atoms with Gasteiger partial charge in [0, 0.05) is 82.7 Å². The number of nitrogens with zero attached hydrogens (tertiary/aromatic N) is 5. The van der Waals surface area contributed by atoms with Crippen LogP contribution < -0.4 is 14.2 Å². The third kappa shape index (κ3) is 9.88. The van der Waals surface area contributed by atoms with Crippen molar-refractivity contribution in [1.82, 2.24) is 14.8 Å². The molecule has 2 heterocycles. The van der Waals surface area contributed by atoms with E-state index in [1.54, 1.807) is 25.3 Å². The molecule has 1 saturated heterocycles. The molecule has 41 heavy (non-hydrogen) atoms. The number of nitriles is 1. The average molecular weight is 673 g/mol. The normalized spacial score (nSPS) is 13.3. The Hall–Kier alpha value is -2.32. The molecule has 0 atom stereocenters. The Balaban J connectivity index is 0.00000110. The van der Waals surface area contributed by atoms with Crippen molar-refractivity contribution < 1.29 is 52.0 Å². The molecule has 0 amide bonds. The summed E-state index contributed by atoms with van der Waals surface area (Å²) in [4.78, 5) is 9.26. The van der Waals surface area contributed by atoms with E-state index in [1.165, 1.54) is 13.3 Å². The van der Waals surface area contributed by atoms with E-state index in [9.17, 15) is 5.26 Å². The van der Waals surface area contributed by atoms with Crippen LogP contribution in [-0.2, 0) is 32.7 Å². The van der Waals surface area contributed by atoms with Gasteiger partial charge in [0.25, 0.3) is 0 Å². The quantitative estimate of drug-likeness (QED) is 0.133. The molecule has 1 fully saturated rings. The molecule has 1 aliphatic heterocycles. The molecule has 2 N–H and O–H groups in total. The van der Waals surface area contributed by atoms with Crippen molar-refractivity contribution >= 4 is 59.1 Å². The van der Waals surface area contributed by atoms with Crippen LogP contribution in [0.1, 0.15) is 12.0 Å². The smallest absolute Gasteiger partial charge is 0.195 e. The minimum Gasteiger partial charge on any atom is -0.655 e. The molecule has 0 aliphatic carbocycles. The van der Waals surface area contributed by atoms with E-state index in [1.807, 2.05) is 6.07 Å². The Morgan fingerprint density at radius 2 is 1.76 bits per heavy atom. The van der Waals surface area contributed by atoms with Crippen molar-refractivity contribution in [2.45, 2.75) is 6.42 Å². The van der Waals surface area contributed by atoms with Crippen LogP contribution >= 0.6 is 23.2 Å². The number of pyridine rings is 1. The maximum atomic E-state index is 9.73. The van der Waals surface area contributed by atoms with Crippen molar-refractivity contribution in [3.63, 3.8) is 0 Å². The number of halogens is 2. The van der Waals surface area contributed by atoms with Crippen molar-refractivity contribution in [3.8, 4) is 23.3 Å². The molecule has 1 aromatic heterocycles. The number of benzene rings is 2. The Morgan fingerprint density at radius 3 is 2.37 bits per heavy atom. The van der Waals surface area contributed by atoms with Gasteiger partial charge in [0.2, 0.25) is 0 Å². The molecule has 10 nitrogen and oxygen atoms in total. The monoisotopic (exact) mass is 672 g/mol. The van der Waals surface area contributed by atoms with Crippen LogP contribution in [0, 0.1) is 16.7 Å². The van der Waals surface area contributed by atoms with Crippen LogP contribution in [-0.4, -0.2) is 94.1 Å². The van der Waals surface area contributed by atoms with Gasteiger partial charge >= 0.3 is 0 Å². The first kappa shape index (κ1) is 34.9. The first-order valence-electron chi connectivity index (χ1n) is 12.4. The maximum absolute atomic E-state index is 9.73. The number of aliphatic hydroxyl groups is 1. The zero-order valence-electron chi connectivity index (χ0n) is 23.2. The molecule has 0 unspecified atom stereocenters. The van der Waals surface area contributed by atoms with Gasteiger partial charge in [-0.15, -0.1) is 11.4 Å². The van der Waals surface area contributed by atoms with E-state index in [4.69, 9.17) is 47.9 Å². The van der Waals surface area contributed by atoms with E-state index in [0.717, 1.165) is 39.1 Å². The number of hydrogen-bond acceptors (Lipinski definition) is 8. The van der Waals surface area contributed by atoms with Crippen LogP contribution in [0.2, 0.25) is 10.0 Å². The van der Waals surface area contributed by atoms with Gasteiger partial charge in [0.05, 0.1) is 43.0 Å². The molecular weight excluding hydrogens is 643 g/mol. The zero-order chi connectivity index (χ0) is 29.2. The minimum absolute atomic E-state index is 0. The number of nitrogens with one attached hydrogen (secondary N) is 1.